The van der Waals surface area contributed by atoms with E-state index in [4.69, 9.17) is 14.6 Å². The van der Waals surface area contributed by atoms with Crippen molar-refractivity contribution in [2.75, 3.05) is 14.2 Å². The van der Waals surface area contributed by atoms with E-state index in [-0.39, 0.29) is 12.2 Å². The van der Waals surface area contributed by atoms with Crippen LogP contribution in [0.3, 0.4) is 0 Å². The number of rotatable bonds is 10. The fourth-order valence-electron chi connectivity index (χ4n) is 2.17. The molecule has 1 N–H and O–H groups in total. The molecular formula is C16H22O5. The van der Waals surface area contributed by atoms with Gasteiger partial charge >= 0.3 is 5.97 Å². The van der Waals surface area contributed by atoms with E-state index in [1.54, 1.807) is 18.2 Å². The summed E-state index contributed by atoms with van der Waals surface area (Å²) < 4.78 is 10.4. The lowest BCUT2D eigenvalue weighted by Gasteiger charge is -2.11. The third-order valence-corrected chi connectivity index (χ3v) is 3.25. The quantitative estimate of drug-likeness (QED) is 0.529. The Balaban J connectivity index is 2.50. The Hall–Kier alpha value is -2.04. The Morgan fingerprint density at radius 2 is 1.48 bits per heavy atom. The molecule has 0 aliphatic carbocycles. The minimum atomic E-state index is -0.773. The van der Waals surface area contributed by atoms with Crippen molar-refractivity contribution in [1.29, 1.82) is 0 Å². The number of carbonyl (C=O) groups excluding carboxylic acids is 1. The number of unbranched alkanes of at least 4 members (excludes halogenated alkanes) is 3. The van der Waals surface area contributed by atoms with Crippen LogP contribution in [-0.4, -0.2) is 31.1 Å². The molecule has 0 aromatic heterocycles. The molecule has 1 aromatic carbocycles. The Morgan fingerprint density at radius 3 is 1.95 bits per heavy atom. The zero-order chi connectivity index (χ0) is 15.7. The average molecular weight is 294 g/mol. The molecule has 1 rings (SSSR count). The van der Waals surface area contributed by atoms with Crippen molar-refractivity contribution in [2.24, 2.45) is 0 Å². The van der Waals surface area contributed by atoms with Crippen LogP contribution in [-0.2, 0) is 4.79 Å². The number of hydrogen-bond acceptors (Lipinski definition) is 4. The van der Waals surface area contributed by atoms with Gasteiger partial charge in [-0.1, -0.05) is 18.9 Å². The number of aliphatic carboxylic acids is 1. The van der Waals surface area contributed by atoms with Gasteiger partial charge in [-0.15, -0.1) is 0 Å². The molecule has 21 heavy (non-hydrogen) atoms. The summed E-state index contributed by atoms with van der Waals surface area (Å²) in [5, 5.41) is 8.54. The molecule has 0 atom stereocenters. The fraction of sp³-hybridized carbons (Fsp3) is 0.500. The van der Waals surface area contributed by atoms with E-state index >= 15 is 0 Å². The van der Waals surface area contributed by atoms with Crippen LogP contribution in [0.25, 0.3) is 0 Å². The molecule has 1 aromatic rings. The van der Waals surface area contributed by atoms with Crippen molar-refractivity contribution in [3.63, 3.8) is 0 Å². The van der Waals surface area contributed by atoms with Crippen molar-refractivity contribution in [3.05, 3.63) is 23.8 Å². The van der Waals surface area contributed by atoms with E-state index in [0.29, 0.717) is 29.9 Å². The molecule has 5 nitrogen and oxygen atoms in total. The standard InChI is InChI=1S/C16H22O5/c1-20-13-9-7-10-14(21-2)16(13)12(17)8-5-3-4-6-11-15(18)19/h7,9-10H,3-6,8,11H2,1-2H3,(H,18,19). The Morgan fingerprint density at radius 1 is 0.952 bits per heavy atom. The van der Waals surface area contributed by atoms with Gasteiger partial charge in [0.1, 0.15) is 17.1 Å². The zero-order valence-corrected chi connectivity index (χ0v) is 12.6. The second kappa shape index (κ2) is 9.00. The van der Waals surface area contributed by atoms with E-state index in [0.717, 1.165) is 19.3 Å². The molecule has 0 amide bonds. The molecule has 0 saturated carbocycles. The molecule has 0 aliphatic rings. The SMILES string of the molecule is COc1cccc(OC)c1C(=O)CCCCCCC(=O)O. The number of methoxy groups -OCH3 is 2. The molecule has 0 bridgehead atoms. The maximum atomic E-state index is 12.3. The summed E-state index contributed by atoms with van der Waals surface area (Å²) in [7, 11) is 3.05. The average Bonchev–Trinajstić information content (AvgIpc) is 2.49. The molecule has 0 fully saturated rings. The van der Waals surface area contributed by atoms with Crippen LogP contribution < -0.4 is 9.47 Å². The van der Waals surface area contributed by atoms with Gasteiger partial charge in [-0.3, -0.25) is 9.59 Å². The molecule has 5 heteroatoms. The molecule has 116 valence electrons. The van der Waals surface area contributed by atoms with Crippen LogP contribution in [0.15, 0.2) is 18.2 Å². The van der Waals surface area contributed by atoms with Gasteiger partial charge in [0.2, 0.25) is 0 Å². The highest BCUT2D eigenvalue weighted by Crippen LogP contribution is 2.29. The number of Topliss-reactive ketones (excluding diaryl/α,β-unsaturated/α-hetero) is 1. The van der Waals surface area contributed by atoms with Crippen molar-refractivity contribution in [3.8, 4) is 11.5 Å². The van der Waals surface area contributed by atoms with Gasteiger partial charge < -0.3 is 14.6 Å². The Kier molecular flexibility index (Phi) is 7.29. The number of carboxylic acid groups (broad SMARTS) is 1. The number of hydrogen-bond donors (Lipinski definition) is 1. The summed E-state index contributed by atoms with van der Waals surface area (Å²) in [5.74, 6) is 0.253. The minimum absolute atomic E-state index is 0.0115. The smallest absolute Gasteiger partial charge is 0.303 e. The van der Waals surface area contributed by atoms with Gasteiger partial charge in [-0.25, -0.2) is 0 Å². The monoisotopic (exact) mass is 294 g/mol. The zero-order valence-electron chi connectivity index (χ0n) is 12.6. The molecule has 0 unspecified atom stereocenters. The second-order valence-electron chi connectivity index (χ2n) is 4.77. The van der Waals surface area contributed by atoms with E-state index in [2.05, 4.69) is 0 Å². The lowest BCUT2D eigenvalue weighted by atomic mass is 10.0. The summed E-state index contributed by atoms with van der Waals surface area (Å²) >= 11 is 0. The van der Waals surface area contributed by atoms with E-state index in [9.17, 15) is 9.59 Å². The van der Waals surface area contributed by atoms with Crippen molar-refractivity contribution in [2.45, 2.75) is 38.5 Å². The number of carboxylic acids is 1. The van der Waals surface area contributed by atoms with Crippen LogP contribution in [0.2, 0.25) is 0 Å². The van der Waals surface area contributed by atoms with Crippen LogP contribution >= 0.6 is 0 Å². The number of benzene rings is 1. The van der Waals surface area contributed by atoms with Gasteiger partial charge in [0.15, 0.2) is 5.78 Å². The third kappa shape index (κ3) is 5.45. The highest BCUT2D eigenvalue weighted by molar-refractivity contribution is 6.01. The molecular weight excluding hydrogens is 272 g/mol. The second-order valence-corrected chi connectivity index (χ2v) is 4.77. The molecule has 0 spiro atoms. The summed E-state index contributed by atoms with van der Waals surface area (Å²) in [6, 6.07) is 5.26. The largest absolute Gasteiger partial charge is 0.496 e. The van der Waals surface area contributed by atoms with E-state index in [1.165, 1.54) is 14.2 Å². The first-order valence-electron chi connectivity index (χ1n) is 7.06. The maximum Gasteiger partial charge on any atom is 0.303 e. The lowest BCUT2D eigenvalue weighted by molar-refractivity contribution is -0.137. The van der Waals surface area contributed by atoms with Gasteiger partial charge in [0, 0.05) is 12.8 Å². The van der Waals surface area contributed by atoms with Crippen LogP contribution in [0.5, 0.6) is 11.5 Å². The van der Waals surface area contributed by atoms with Gasteiger partial charge in [0.25, 0.3) is 0 Å². The van der Waals surface area contributed by atoms with Gasteiger partial charge in [-0.2, -0.15) is 0 Å². The predicted octanol–water partition coefficient (Wildman–Crippen LogP) is 3.31. The van der Waals surface area contributed by atoms with E-state index in [1.807, 2.05) is 0 Å². The summed E-state index contributed by atoms with van der Waals surface area (Å²) in [6.07, 6.45) is 3.65. The predicted molar refractivity (Wildman–Crippen MR) is 79.2 cm³/mol. The topological polar surface area (TPSA) is 72.8 Å². The third-order valence-electron chi connectivity index (χ3n) is 3.25. The highest BCUT2D eigenvalue weighted by atomic mass is 16.5. The van der Waals surface area contributed by atoms with Crippen molar-refractivity contribution < 1.29 is 24.2 Å². The fourth-order valence-corrected chi connectivity index (χ4v) is 2.17. The Labute approximate surface area is 124 Å². The first-order chi connectivity index (χ1) is 10.1. The molecule has 0 radical (unpaired) electrons. The number of ether oxygens (including phenoxy) is 2. The Bertz CT molecular complexity index is 459. The lowest BCUT2D eigenvalue weighted by Crippen LogP contribution is -2.05. The summed E-state index contributed by atoms with van der Waals surface area (Å²) in [4.78, 5) is 22.7. The van der Waals surface area contributed by atoms with Gasteiger partial charge in [0.05, 0.1) is 14.2 Å². The highest BCUT2D eigenvalue weighted by Gasteiger charge is 2.17. The molecule has 0 heterocycles. The molecule has 0 saturated heterocycles. The van der Waals surface area contributed by atoms with Crippen LogP contribution in [0, 0.1) is 0 Å². The number of carbonyl (C=O) groups is 2. The normalized spacial score (nSPS) is 10.2. The number of ketones is 1. The van der Waals surface area contributed by atoms with Crippen molar-refractivity contribution >= 4 is 11.8 Å². The van der Waals surface area contributed by atoms with Crippen LogP contribution in [0.4, 0.5) is 0 Å². The van der Waals surface area contributed by atoms with Gasteiger partial charge in [-0.05, 0) is 25.0 Å². The maximum absolute atomic E-state index is 12.3. The van der Waals surface area contributed by atoms with E-state index < -0.39 is 5.97 Å². The first kappa shape index (κ1) is 17.0. The van der Waals surface area contributed by atoms with Crippen molar-refractivity contribution in [1.82, 2.24) is 0 Å². The summed E-state index contributed by atoms with van der Waals surface area (Å²) in [6.45, 7) is 0. The molecule has 0 aliphatic heterocycles. The minimum Gasteiger partial charge on any atom is -0.496 e. The van der Waals surface area contributed by atoms with Crippen LogP contribution in [0.1, 0.15) is 48.9 Å². The first-order valence-corrected chi connectivity index (χ1v) is 7.06. The summed E-state index contributed by atoms with van der Waals surface area (Å²) in [5.41, 5.74) is 0.480.